The van der Waals surface area contributed by atoms with Gasteiger partial charge in [0, 0.05) is 16.9 Å². The molecule has 1 atom stereocenters. The van der Waals surface area contributed by atoms with Crippen molar-refractivity contribution >= 4 is 5.91 Å². The monoisotopic (exact) mass is 481 g/mol. The molecule has 204 valence electrons. The van der Waals surface area contributed by atoms with Crippen molar-refractivity contribution in [1.29, 1.82) is 0 Å². The van der Waals surface area contributed by atoms with E-state index in [1.165, 1.54) is 19.3 Å². The van der Waals surface area contributed by atoms with E-state index >= 15 is 0 Å². The lowest BCUT2D eigenvalue weighted by molar-refractivity contribution is -0.131. The Hall–Kier alpha value is -0.570. The Balaban J connectivity index is 5.92. The molecule has 0 aliphatic carbocycles. The van der Waals surface area contributed by atoms with Gasteiger partial charge in [-0.2, -0.15) is 0 Å². The highest BCUT2D eigenvalue weighted by atomic mass is 16.3. The lowest BCUT2D eigenvalue weighted by Crippen LogP contribution is -2.57. The van der Waals surface area contributed by atoms with Crippen LogP contribution in [0.15, 0.2) is 0 Å². The Morgan fingerprint density at radius 2 is 1.18 bits per heavy atom. The van der Waals surface area contributed by atoms with E-state index in [-0.39, 0.29) is 40.1 Å². The van der Waals surface area contributed by atoms with Crippen LogP contribution in [0.4, 0.5) is 0 Å². The summed E-state index contributed by atoms with van der Waals surface area (Å²) in [5.41, 5.74) is -0.198. The third-order valence-electron chi connectivity index (χ3n) is 8.57. The van der Waals surface area contributed by atoms with Crippen molar-refractivity contribution in [2.75, 3.05) is 6.61 Å². The summed E-state index contributed by atoms with van der Waals surface area (Å²) in [5.74, 6) is 0.0988. The van der Waals surface area contributed by atoms with Gasteiger partial charge in [0.15, 0.2) is 0 Å². The molecular weight excluding hydrogens is 418 g/mol. The molecule has 0 radical (unpaired) electrons. The van der Waals surface area contributed by atoms with E-state index in [4.69, 9.17) is 0 Å². The van der Waals surface area contributed by atoms with Crippen molar-refractivity contribution < 1.29 is 9.90 Å². The van der Waals surface area contributed by atoms with E-state index in [9.17, 15) is 9.90 Å². The Labute approximate surface area is 214 Å². The average Bonchev–Trinajstić information content (AvgIpc) is 2.63. The standard InChI is InChI=1S/C31H63NO2/c1-15-17-18-27(5,6)22-29(9,10)20-24(19-28(7,8)21-26(3,4)16-2)25(34)32-31(13,14)30(11,12)23-33/h24,33H,15-23H2,1-14H3,(H,32,34). The largest absolute Gasteiger partial charge is 0.396 e. The van der Waals surface area contributed by atoms with Gasteiger partial charge in [-0.3, -0.25) is 4.79 Å². The van der Waals surface area contributed by atoms with Crippen LogP contribution in [-0.2, 0) is 4.79 Å². The van der Waals surface area contributed by atoms with Crippen LogP contribution in [0.2, 0.25) is 0 Å². The quantitative estimate of drug-likeness (QED) is 0.231. The van der Waals surface area contributed by atoms with Crippen LogP contribution >= 0.6 is 0 Å². The molecule has 3 heteroatoms. The zero-order valence-corrected chi connectivity index (χ0v) is 25.8. The van der Waals surface area contributed by atoms with Gasteiger partial charge >= 0.3 is 0 Å². The third-order valence-corrected chi connectivity index (χ3v) is 8.57. The number of unbranched alkanes of at least 4 members (excludes halogenated alkanes) is 1. The molecule has 0 rings (SSSR count). The number of nitrogens with one attached hydrogen (secondary N) is 1. The molecule has 0 aromatic heterocycles. The lowest BCUT2D eigenvalue weighted by Gasteiger charge is -2.44. The Bertz CT molecular complexity index is 625. The number of carbonyl (C=O) groups excluding carboxylic acids is 1. The van der Waals surface area contributed by atoms with Gasteiger partial charge in [0.1, 0.15) is 0 Å². The molecule has 0 aromatic carbocycles. The second-order valence-corrected chi connectivity index (χ2v) is 15.7. The number of aliphatic hydroxyl groups is 1. The first kappa shape index (κ1) is 33.4. The molecule has 1 amide bonds. The minimum absolute atomic E-state index is 0.0399. The molecule has 0 saturated carbocycles. The molecule has 3 nitrogen and oxygen atoms in total. The zero-order valence-electron chi connectivity index (χ0n) is 25.8. The summed E-state index contributed by atoms with van der Waals surface area (Å²) in [4.78, 5) is 13.9. The minimum atomic E-state index is -0.492. The number of hydrogen-bond donors (Lipinski definition) is 2. The van der Waals surface area contributed by atoms with Crippen LogP contribution < -0.4 is 5.32 Å². The zero-order chi connectivity index (χ0) is 27.2. The molecule has 0 spiro atoms. The minimum Gasteiger partial charge on any atom is -0.396 e. The van der Waals surface area contributed by atoms with Crippen LogP contribution in [0.1, 0.15) is 148 Å². The summed E-state index contributed by atoms with van der Waals surface area (Å²) in [6.07, 6.45) is 8.86. The normalized spacial score (nSPS) is 15.4. The number of aliphatic hydroxyl groups excluding tert-OH is 1. The summed E-state index contributed by atoms with van der Waals surface area (Å²) >= 11 is 0. The number of amides is 1. The van der Waals surface area contributed by atoms with E-state index in [1.807, 2.05) is 27.7 Å². The van der Waals surface area contributed by atoms with Crippen LogP contribution in [0.5, 0.6) is 0 Å². The van der Waals surface area contributed by atoms with Gasteiger partial charge in [0.05, 0.1) is 6.61 Å². The van der Waals surface area contributed by atoms with Gasteiger partial charge in [-0.25, -0.2) is 0 Å². The van der Waals surface area contributed by atoms with Crippen molar-refractivity contribution in [1.82, 2.24) is 5.32 Å². The number of hydrogen-bond acceptors (Lipinski definition) is 2. The second kappa shape index (κ2) is 12.1. The Morgan fingerprint density at radius 1 is 0.735 bits per heavy atom. The van der Waals surface area contributed by atoms with Crippen LogP contribution in [0.25, 0.3) is 0 Å². The van der Waals surface area contributed by atoms with E-state index in [2.05, 4.69) is 74.6 Å². The molecule has 0 heterocycles. The average molecular weight is 482 g/mol. The molecule has 2 N–H and O–H groups in total. The summed E-state index contributed by atoms with van der Waals surface area (Å²) in [5, 5.41) is 13.3. The van der Waals surface area contributed by atoms with Crippen molar-refractivity contribution in [3.05, 3.63) is 0 Å². The fraction of sp³-hybridized carbons (Fsp3) is 0.968. The summed E-state index contributed by atoms with van der Waals surface area (Å²) in [6.45, 7) is 31.6. The van der Waals surface area contributed by atoms with Crippen molar-refractivity contribution in [3.63, 3.8) is 0 Å². The SMILES string of the molecule is CCCCC(C)(C)CC(C)(C)CC(CC(C)(C)CC(C)(C)CC)C(=O)NC(C)(C)C(C)(C)CO. The summed E-state index contributed by atoms with van der Waals surface area (Å²) in [7, 11) is 0. The van der Waals surface area contributed by atoms with Gasteiger partial charge in [-0.1, -0.05) is 102 Å². The molecular formula is C31H63NO2. The molecule has 0 aliphatic rings. The molecule has 0 aliphatic heterocycles. The predicted molar refractivity (Wildman–Crippen MR) is 150 cm³/mol. The fourth-order valence-corrected chi connectivity index (χ4v) is 5.97. The van der Waals surface area contributed by atoms with Crippen LogP contribution in [0.3, 0.4) is 0 Å². The highest BCUT2D eigenvalue weighted by Gasteiger charge is 2.42. The lowest BCUT2D eigenvalue weighted by atomic mass is 9.65. The molecule has 1 unspecified atom stereocenters. The molecule has 0 saturated heterocycles. The first-order chi connectivity index (χ1) is 15.0. The summed E-state index contributed by atoms with van der Waals surface area (Å²) < 4.78 is 0. The maximum Gasteiger partial charge on any atom is 0.223 e. The van der Waals surface area contributed by atoms with Crippen molar-refractivity contribution in [2.24, 2.45) is 33.0 Å². The third kappa shape index (κ3) is 11.4. The van der Waals surface area contributed by atoms with Gasteiger partial charge in [0.2, 0.25) is 5.91 Å². The second-order valence-electron chi connectivity index (χ2n) is 15.7. The van der Waals surface area contributed by atoms with Crippen molar-refractivity contribution in [3.8, 4) is 0 Å². The maximum absolute atomic E-state index is 13.9. The van der Waals surface area contributed by atoms with Gasteiger partial charge in [0.25, 0.3) is 0 Å². The highest BCUT2D eigenvalue weighted by molar-refractivity contribution is 5.79. The van der Waals surface area contributed by atoms with E-state index in [1.54, 1.807) is 0 Å². The molecule has 0 aromatic rings. The number of carbonyl (C=O) groups is 1. The van der Waals surface area contributed by atoms with Crippen LogP contribution in [-0.4, -0.2) is 23.2 Å². The summed E-state index contributed by atoms with van der Waals surface area (Å²) in [6, 6.07) is 0. The van der Waals surface area contributed by atoms with Crippen molar-refractivity contribution in [2.45, 2.75) is 154 Å². The highest BCUT2D eigenvalue weighted by Crippen LogP contribution is 2.46. The topological polar surface area (TPSA) is 49.3 Å². The smallest absolute Gasteiger partial charge is 0.223 e. The van der Waals surface area contributed by atoms with Crippen LogP contribution in [0, 0.1) is 33.0 Å². The predicted octanol–water partition coefficient (Wildman–Crippen LogP) is 8.78. The van der Waals surface area contributed by atoms with Gasteiger partial charge < -0.3 is 10.4 Å². The first-order valence-corrected chi connectivity index (χ1v) is 14.0. The van der Waals surface area contributed by atoms with E-state index < -0.39 is 11.0 Å². The molecule has 0 bridgehead atoms. The Morgan fingerprint density at radius 3 is 1.56 bits per heavy atom. The fourth-order valence-electron chi connectivity index (χ4n) is 5.97. The van der Waals surface area contributed by atoms with E-state index in [0.29, 0.717) is 0 Å². The molecule has 0 fully saturated rings. The maximum atomic E-state index is 13.9. The molecule has 34 heavy (non-hydrogen) atoms. The Kier molecular flexibility index (Phi) is 11.9. The van der Waals surface area contributed by atoms with Gasteiger partial charge in [-0.05, 0) is 67.6 Å². The number of rotatable bonds is 16. The van der Waals surface area contributed by atoms with Gasteiger partial charge in [-0.15, -0.1) is 0 Å². The first-order valence-electron chi connectivity index (χ1n) is 14.0. The van der Waals surface area contributed by atoms with E-state index in [0.717, 1.165) is 32.1 Å².